The van der Waals surface area contributed by atoms with Crippen molar-refractivity contribution in [2.75, 3.05) is 20.6 Å². The van der Waals surface area contributed by atoms with Crippen LogP contribution in [-0.4, -0.2) is 48.6 Å². The molecule has 0 aliphatic heterocycles. The molecule has 0 aromatic heterocycles. The highest BCUT2D eigenvalue weighted by Crippen LogP contribution is 2.20. The van der Waals surface area contributed by atoms with Gasteiger partial charge in [-0.15, -0.1) is 0 Å². The summed E-state index contributed by atoms with van der Waals surface area (Å²) in [5, 5.41) is 14.5. The molecule has 0 unspecified atom stereocenters. The number of carboxylic acids is 1. The summed E-state index contributed by atoms with van der Waals surface area (Å²) < 4.78 is 0. The number of nitrogens with one attached hydrogen (secondary N) is 1. The second kappa shape index (κ2) is 13.8. The predicted molar refractivity (Wildman–Crippen MR) is 127 cm³/mol. The van der Waals surface area contributed by atoms with Gasteiger partial charge < -0.3 is 15.3 Å². The number of carbonyl (C=O) groups excluding carboxylic acids is 1. The highest BCUT2D eigenvalue weighted by atomic mass is 16.4. The molecule has 5 heteroatoms. The number of likely N-dealkylation sites (N-methyl/N-ethyl adjacent to an activating group) is 1. The van der Waals surface area contributed by atoms with Crippen LogP contribution in [0, 0.1) is 0 Å². The Labute approximate surface area is 186 Å². The van der Waals surface area contributed by atoms with Crippen LogP contribution < -0.4 is 5.32 Å². The number of hydrogen-bond donors (Lipinski definition) is 2. The lowest BCUT2D eigenvalue weighted by atomic mass is 9.99. The van der Waals surface area contributed by atoms with Gasteiger partial charge in [-0.2, -0.15) is 0 Å². The molecule has 0 aliphatic carbocycles. The molecule has 0 aliphatic rings. The van der Waals surface area contributed by atoms with E-state index in [0.29, 0.717) is 13.0 Å². The van der Waals surface area contributed by atoms with Crippen molar-refractivity contribution in [3.8, 4) is 0 Å². The van der Waals surface area contributed by atoms with E-state index in [4.69, 9.17) is 5.11 Å². The first kappa shape index (κ1) is 24.9. The molecule has 1 amide bonds. The molecule has 31 heavy (non-hydrogen) atoms. The summed E-state index contributed by atoms with van der Waals surface area (Å²) in [6.45, 7) is 0.539. The Morgan fingerprint density at radius 3 is 2.26 bits per heavy atom. The van der Waals surface area contributed by atoms with E-state index in [1.54, 1.807) is 0 Å². The van der Waals surface area contributed by atoms with E-state index >= 15 is 0 Å². The molecule has 2 aromatic carbocycles. The summed E-state index contributed by atoms with van der Waals surface area (Å²) in [6.07, 6.45) is 9.53. The zero-order valence-electron chi connectivity index (χ0n) is 19.1. The summed E-state index contributed by atoms with van der Waals surface area (Å²) in [6, 6.07) is 14.8. The quantitative estimate of drug-likeness (QED) is 0.392. The van der Waals surface area contributed by atoms with E-state index in [1.807, 2.05) is 19.0 Å². The molecule has 2 aromatic rings. The standard InChI is InChI=1S/C26H38N2O3/c1-28(2)20-23(19-26(30)31)27-25(29)18-9-7-5-3-4-6-8-13-21-15-12-16-22-14-10-11-17-24(21)22/h10-12,14-17,23H,3-9,13,18-20H2,1-2H3,(H,27,29)(H,30,31)/t23-/m1/s1. The number of rotatable bonds is 15. The zero-order valence-corrected chi connectivity index (χ0v) is 19.1. The number of hydrogen-bond acceptors (Lipinski definition) is 3. The van der Waals surface area contributed by atoms with Crippen LogP contribution in [0.25, 0.3) is 10.8 Å². The number of amides is 1. The van der Waals surface area contributed by atoms with Crippen molar-refractivity contribution >= 4 is 22.6 Å². The van der Waals surface area contributed by atoms with Gasteiger partial charge in [-0.25, -0.2) is 0 Å². The Morgan fingerprint density at radius 1 is 0.903 bits per heavy atom. The van der Waals surface area contributed by atoms with Gasteiger partial charge in [-0.1, -0.05) is 74.6 Å². The van der Waals surface area contributed by atoms with E-state index in [9.17, 15) is 9.59 Å². The lowest BCUT2D eigenvalue weighted by Gasteiger charge is -2.20. The first-order valence-corrected chi connectivity index (χ1v) is 11.6. The van der Waals surface area contributed by atoms with Crippen molar-refractivity contribution in [3.63, 3.8) is 0 Å². The second-order valence-corrected chi connectivity index (χ2v) is 8.74. The minimum atomic E-state index is -0.882. The molecular weight excluding hydrogens is 388 g/mol. The van der Waals surface area contributed by atoms with Gasteiger partial charge in [0.2, 0.25) is 5.91 Å². The van der Waals surface area contributed by atoms with Crippen molar-refractivity contribution in [3.05, 3.63) is 48.0 Å². The molecule has 0 heterocycles. The van der Waals surface area contributed by atoms with Gasteiger partial charge in [-0.3, -0.25) is 9.59 Å². The fourth-order valence-corrected chi connectivity index (χ4v) is 4.11. The van der Waals surface area contributed by atoms with Crippen LogP contribution in [0.2, 0.25) is 0 Å². The normalized spacial score (nSPS) is 12.2. The maximum atomic E-state index is 12.1. The number of fused-ring (bicyclic) bond motifs is 1. The molecular formula is C26H38N2O3. The van der Waals surface area contributed by atoms with Crippen molar-refractivity contribution in [1.82, 2.24) is 10.2 Å². The largest absolute Gasteiger partial charge is 0.481 e. The average molecular weight is 427 g/mol. The number of carbonyl (C=O) groups is 2. The van der Waals surface area contributed by atoms with Crippen LogP contribution in [0.4, 0.5) is 0 Å². The lowest BCUT2D eigenvalue weighted by molar-refractivity contribution is -0.137. The van der Waals surface area contributed by atoms with Gasteiger partial charge in [0.25, 0.3) is 0 Å². The van der Waals surface area contributed by atoms with Crippen molar-refractivity contribution in [2.45, 2.75) is 70.3 Å². The van der Waals surface area contributed by atoms with Crippen molar-refractivity contribution < 1.29 is 14.7 Å². The molecule has 1 atom stereocenters. The topological polar surface area (TPSA) is 69.6 Å². The molecule has 170 valence electrons. The molecule has 2 rings (SSSR count). The van der Waals surface area contributed by atoms with Crippen molar-refractivity contribution in [1.29, 1.82) is 0 Å². The summed E-state index contributed by atoms with van der Waals surface area (Å²) in [5.41, 5.74) is 1.44. The minimum absolute atomic E-state index is 0.0387. The zero-order chi connectivity index (χ0) is 22.5. The fraction of sp³-hybridized carbons (Fsp3) is 0.538. The van der Waals surface area contributed by atoms with Gasteiger partial charge in [-0.05, 0) is 49.7 Å². The number of benzene rings is 2. The smallest absolute Gasteiger partial charge is 0.305 e. The third-order valence-electron chi connectivity index (χ3n) is 5.60. The van der Waals surface area contributed by atoms with Crippen LogP contribution in [0.5, 0.6) is 0 Å². The monoisotopic (exact) mass is 426 g/mol. The summed E-state index contributed by atoms with van der Waals surface area (Å²) >= 11 is 0. The highest BCUT2D eigenvalue weighted by Gasteiger charge is 2.16. The second-order valence-electron chi connectivity index (χ2n) is 8.74. The number of nitrogens with zero attached hydrogens (tertiary/aromatic N) is 1. The van der Waals surface area contributed by atoms with E-state index in [-0.39, 0.29) is 18.4 Å². The molecule has 0 saturated carbocycles. The van der Waals surface area contributed by atoms with Gasteiger partial charge in [0, 0.05) is 13.0 Å². The predicted octanol–water partition coefficient (Wildman–Crippen LogP) is 5.02. The Morgan fingerprint density at radius 2 is 1.55 bits per heavy atom. The Balaban J connectivity index is 1.53. The first-order valence-electron chi connectivity index (χ1n) is 11.6. The van der Waals surface area contributed by atoms with E-state index < -0.39 is 5.97 Å². The maximum absolute atomic E-state index is 12.1. The highest BCUT2D eigenvalue weighted by molar-refractivity contribution is 5.85. The lowest BCUT2D eigenvalue weighted by Crippen LogP contribution is -2.42. The number of aryl methyl sites for hydroxylation is 1. The molecule has 0 bridgehead atoms. The third kappa shape index (κ3) is 9.97. The van der Waals surface area contributed by atoms with Gasteiger partial charge in [0.1, 0.15) is 0 Å². The van der Waals surface area contributed by atoms with E-state index in [2.05, 4.69) is 47.8 Å². The van der Waals surface area contributed by atoms with Crippen LogP contribution in [-0.2, 0) is 16.0 Å². The molecule has 5 nitrogen and oxygen atoms in total. The van der Waals surface area contributed by atoms with Crippen molar-refractivity contribution in [2.24, 2.45) is 0 Å². The molecule has 0 radical (unpaired) electrons. The molecule has 0 saturated heterocycles. The van der Waals surface area contributed by atoms with E-state index in [0.717, 1.165) is 25.7 Å². The minimum Gasteiger partial charge on any atom is -0.481 e. The first-order chi connectivity index (χ1) is 15.0. The number of unbranched alkanes of at least 4 members (excludes halogenated alkanes) is 6. The van der Waals surface area contributed by atoms with Gasteiger partial charge in [0.05, 0.1) is 12.5 Å². The van der Waals surface area contributed by atoms with Gasteiger partial charge in [0.15, 0.2) is 0 Å². The molecule has 0 fully saturated rings. The Kier molecular flexibility index (Phi) is 11.1. The third-order valence-corrected chi connectivity index (χ3v) is 5.60. The van der Waals surface area contributed by atoms with Crippen LogP contribution in [0.3, 0.4) is 0 Å². The number of aliphatic carboxylic acids is 1. The summed E-state index contributed by atoms with van der Waals surface area (Å²) in [4.78, 5) is 24.9. The van der Waals surface area contributed by atoms with Gasteiger partial charge >= 0.3 is 5.97 Å². The Bertz CT molecular complexity index is 814. The number of carboxylic acid groups (broad SMARTS) is 1. The summed E-state index contributed by atoms with van der Waals surface area (Å²) in [7, 11) is 3.76. The van der Waals surface area contributed by atoms with Crippen LogP contribution in [0.1, 0.15) is 63.4 Å². The van der Waals surface area contributed by atoms with Crippen LogP contribution in [0.15, 0.2) is 42.5 Å². The summed E-state index contributed by atoms with van der Waals surface area (Å²) in [5.74, 6) is -0.921. The SMILES string of the molecule is CN(C)C[C@@H](CC(=O)O)NC(=O)CCCCCCCCCc1cccc2ccccc12. The average Bonchev–Trinajstić information content (AvgIpc) is 2.71. The maximum Gasteiger partial charge on any atom is 0.305 e. The molecule has 2 N–H and O–H groups in total. The Hall–Kier alpha value is -2.40. The van der Waals surface area contributed by atoms with Crippen LogP contribution >= 0.6 is 0 Å². The van der Waals surface area contributed by atoms with E-state index in [1.165, 1.54) is 42.0 Å². The molecule has 0 spiro atoms. The fourth-order valence-electron chi connectivity index (χ4n) is 4.11.